The van der Waals surface area contributed by atoms with Gasteiger partial charge in [-0.1, -0.05) is 23.7 Å². The molecule has 28 heavy (non-hydrogen) atoms. The predicted octanol–water partition coefficient (Wildman–Crippen LogP) is 3.88. The van der Waals surface area contributed by atoms with Crippen molar-refractivity contribution in [3.05, 3.63) is 52.6 Å². The van der Waals surface area contributed by atoms with Crippen molar-refractivity contribution in [2.24, 2.45) is 0 Å². The summed E-state index contributed by atoms with van der Waals surface area (Å²) in [5.41, 5.74) is 2.16. The number of nitrogens with zero attached hydrogens (tertiary/aromatic N) is 4. The summed E-state index contributed by atoms with van der Waals surface area (Å²) in [6, 6.07) is 5.49. The van der Waals surface area contributed by atoms with E-state index >= 15 is 0 Å². The molecule has 0 radical (unpaired) electrons. The second kappa shape index (κ2) is 6.94. The average molecular weight is 405 g/mol. The molecule has 2 aliphatic heterocycles. The first-order valence-electron chi connectivity index (χ1n) is 8.85. The van der Waals surface area contributed by atoms with Gasteiger partial charge in [-0.25, -0.2) is 19.0 Å². The van der Waals surface area contributed by atoms with E-state index in [0.29, 0.717) is 24.2 Å². The number of halogens is 2. The molecule has 1 aromatic heterocycles. The number of likely N-dealkylation sites (tertiary alicyclic amines) is 1. The molecule has 146 valence electrons. The molecule has 1 aromatic carbocycles. The number of amides is 3. The summed E-state index contributed by atoms with van der Waals surface area (Å²) >= 11 is 6.05. The minimum atomic E-state index is -1.03. The van der Waals surface area contributed by atoms with Gasteiger partial charge in [0.25, 0.3) is 0 Å². The Kier molecular flexibility index (Phi) is 4.58. The standard InChI is InChI=1S/C19H18ClFN4O3/c1-11-3-2-4-14(21)17(11)24-9-12-8-22-16(20)7-15(12)25(18(24)26)13-5-6-23(10-13)19(27)28/h2-4,7-8,13H,5-6,9-10H2,1H3,(H,27,28)/t13-/m0/s1. The Morgan fingerprint density at radius 1 is 1.39 bits per heavy atom. The van der Waals surface area contributed by atoms with Crippen LogP contribution in [0.5, 0.6) is 0 Å². The van der Waals surface area contributed by atoms with Crippen molar-refractivity contribution in [2.75, 3.05) is 22.9 Å². The molecule has 2 aromatic rings. The summed E-state index contributed by atoms with van der Waals surface area (Å²) in [5.74, 6) is -0.489. The summed E-state index contributed by atoms with van der Waals surface area (Å²) < 4.78 is 14.6. The Balaban J connectivity index is 1.79. The van der Waals surface area contributed by atoms with Gasteiger partial charge in [-0.3, -0.25) is 9.80 Å². The van der Waals surface area contributed by atoms with Crippen LogP contribution in [0, 0.1) is 12.7 Å². The number of urea groups is 1. The van der Waals surface area contributed by atoms with Crippen LogP contribution < -0.4 is 9.80 Å². The number of aromatic nitrogens is 1. The number of hydrogen-bond acceptors (Lipinski definition) is 3. The van der Waals surface area contributed by atoms with Crippen LogP contribution in [-0.4, -0.2) is 46.2 Å². The van der Waals surface area contributed by atoms with E-state index < -0.39 is 17.9 Å². The van der Waals surface area contributed by atoms with Crippen molar-refractivity contribution in [3.8, 4) is 0 Å². The van der Waals surface area contributed by atoms with Gasteiger partial charge in [-0.05, 0) is 31.0 Å². The largest absolute Gasteiger partial charge is 0.465 e. The molecule has 2 aliphatic rings. The number of benzene rings is 1. The molecule has 0 bridgehead atoms. The number of pyridine rings is 1. The first kappa shape index (κ1) is 18.5. The third-order valence-electron chi connectivity index (χ3n) is 5.21. The van der Waals surface area contributed by atoms with Gasteiger partial charge in [0.1, 0.15) is 11.0 Å². The Morgan fingerprint density at radius 3 is 2.86 bits per heavy atom. The van der Waals surface area contributed by atoms with Crippen LogP contribution in [0.15, 0.2) is 30.5 Å². The lowest BCUT2D eigenvalue weighted by Gasteiger charge is -2.40. The van der Waals surface area contributed by atoms with E-state index in [1.54, 1.807) is 31.3 Å². The Bertz CT molecular complexity index is 950. The summed E-state index contributed by atoms with van der Waals surface area (Å²) in [4.78, 5) is 33.0. The number of carbonyl (C=O) groups excluding carboxylic acids is 1. The van der Waals surface area contributed by atoms with Crippen molar-refractivity contribution in [1.82, 2.24) is 9.88 Å². The monoisotopic (exact) mass is 404 g/mol. The van der Waals surface area contributed by atoms with E-state index in [9.17, 15) is 19.1 Å². The number of aryl methyl sites for hydroxylation is 1. The normalized spacial score (nSPS) is 19.2. The lowest BCUT2D eigenvalue weighted by Crippen LogP contribution is -2.53. The summed E-state index contributed by atoms with van der Waals surface area (Å²) in [6.07, 6.45) is 1.04. The predicted molar refractivity (Wildman–Crippen MR) is 102 cm³/mol. The van der Waals surface area contributed by atoms with Crippen LogP contribution in [0.3, 0.4) is 0 Å². The second-order valence-electron chi connectivity index (χ2n) is 6.95. The molecule has 4 rings (SSSR count). The molecule has 1 N–H and O–H groups in total. The van der Waals surface area contributed by atoms with Gasteiger partial charge in [-0.15, -0.1) is 0 Å². The van der Waals surface area contributed by atoms with Crippen LogP contribution in [0.4, 0.5) is 25.4 Å². The van der Waals surface area contributed by atoms with Crippen LogP contribution in [0.25, 0.3) is 0 Å². The molecule has 0 unspecified atom stereocenters. The number of fused-ring (bicyclic) bond motifs is 1. The third kappa shape index (κ3) is 3.03. The number of carbonyl (C=O) groups is 2. The highest BCUT2D eigenvalue weighted by molar-refractivity contribution is 6.29. The topological polar surface area (TPSA) is 77.0 Å². The fourth-order valence-electron chi connectivity index (χ4n) is 3.88. The number of rotatable bonds is 2. The van der Waals surface area contributed by atoms with Gasteiger partial charge in [0, 0.05) is 24.8 Å². The molecule has 1 fully saturated rings. The lowest BCUT2D eigenvalue weighted by molar-refractivity contribution is 0.155. The zero-order valence-electron chi connectivity index (χ0n) is 15.1. The highest BCUT2D eigenvalue weighted by Crippen LogP contribution is 2.37. The second-order valence-corrected chi connectivity index (χ2v) is 7.34. The van der Waals surface area contributed by atoms with Crippen molar-refractivity contribution in [2.45, 2.75) is 25.9 Å². The van der Waals surface area contributed by atoms with Crippen molar-refractivity contribution >= 4 is 35.1 Å². The first-order valence-corrected chi connectivity index (χ1v) is 9.22. The zero-order valence-corrected chi connectivity index (χ0v) is 15.9. The van der Waals surface area contributed by atoms with Crippen LogP contribution >= 0.6 is 11.6 Å². The molecule has 0 saturated carbocycles. The maximum atomic E-state index is 14.6. The third-order valence-corrected chi connectivity index (χ3v) is 5.42. The molecular weight excluding hydrogens is 387 g/mol. The maximum Gasteiger partial charge on any atom is 0.407 e. The highest BCUT2D eigenvalue weighted by atomic mass is 35.5. The van der Waals surface area contributed by atoms with Crippen molar-refractivity contribution < 1.29 is 19.1 Å². The number of para-hydroxylation sites is 1. The molecule has 0 aliphatic carbocycles. The van der Waals surface area contributed by atoms with Gasteiger partial charge in [-0.2, -0.15) is 0 Å². The first-order chi connectivity index (χ1) is 13.4. The molecule has 3 amide bonds. The lowest BCUT2D eigenvalue weighted by atomic mass is 10.1. The Morgan fingerprint density at radius 2 is 2.18 bits per heavy atom. The van der Waals surface area contributed by atoms with E-state index in [4.69, 9.17) is 11.6 Å². The average Bonchev–Trinajstić information content (AvgIpc) is 3.12. The fourth-order valence-corrected chi connectivity index (χ4v) is 4.04. The number of anilines is 2. The highest BCUT2D eigenvalue weighted by Gasteiger charge is 2.41. The molecule has 1 atom stereocenters. The van der Waals surface area contributed by atoms with E-state index in [1.165, 1.54) is 20.8 Å². The quantitative estimate of drug-likeness (QED) is 0.770. The van der Waals surface area contributed by atoms with Crippen LogP contribution in [-0.2, 0) is 6.54 Å². The molecular formula is C19H18ClFN4O3. The van der Waals surface area contributed by atoms with Gasteiger partial charge < -0.3 is 10.0 Å². The van der Waals surface area contributed by atoms with Gasteiger partial charge in [0.2, 0.25) is 0 Å². The molecule has 3 heterocycles. The summed E-state index contributed by atoms with van der Waals surface area (Å²) in [6.45, 7) is 2.42. The summed E-state index contributed by atoms with van der Waals surface area (Å²) in [5, 5.41) is 9.51. The summed E-state index contributed by atoms with van der Waals surface area (Å²) in [7, 11) is 0. The van der Waals surface area contributed by atoms with Crippen LogP contribution in [0.2, 0.25) is 5.15 Å². The zero-order chi connectivity index (χ0) is 20.0. The minimum absolute atomic E-state index is 0.159. The molecule has 1 saturated heterocycles. The van der Waals surface area contributed by atoms with Crippen molar-refractivity contribution in [3.63, 3.8) is 0 Å². The minimum Gasteiger partial charge on any atom is -0.465 e. The van der Waals surface area contributed by atoms with Crippen LogP contribution in [0.1, 0.15) is 17.5 Å². The molecule has 7 nitrogen and oxygen atoms in total. The van der Waals surface area contributed by atoms with Crippen molar-refractivity contribution in [1.29, 1.82) is 0 Å². The smallest absolute Gasteiger partial charge is 0.407 e. The van der Waals surface area contributed by atoms with E-state index in [2.05, 4.69) is 4.98 Å². The van der Waals surface area contributed by atoms with Gasteiger partial charge in [0.05, 0.1) is 24.0 Å². The van der Waals surface area contributed by atoms with Gasteiger partial charge >= 0.3 is 12.1 Å². The van der Waals surface area contributed by atoms with E-state index in [0.717, 1.165) is 5.56 Å². The van der Waals surface area contributed by atoms with Gasteiger partial charge in [0.15, 0.2) is 0 Å². The molecule has 9 heteroatoms. The Hall–Kier alpha value is -2.87. The molecule has 0 spiro atoms. The number of hydrogen-bond donors (Lipinski definition) is 1. The number of carboxylic acid groups (broad SMARTS) is 1. The maximum absolute atomic E-state index is 14.6. The van der Waals surface area contributed by atoms with E-state index in [1.807, 2.05) is 0 Å². The fraction of sp³-hybridized carbons (Fsp3) is 0.316. The SMILES string of the molecule is Cc1cccc(F)c1N1Cc2cnc(Cl)cc2N([C@H]2CCN(C(=O)O)C2)C1=O. The Labute approximate surface area is 165 Å². The van der Waals surface area contributed by atoms with E-state index in [-0.39, 0.29) is 30.0 Å².